The first-order valence-corrected chi connectivity index (χ1v) is 5.60. The van der Waals surface area contributed by atoms with E-state index in [1.807, 2.05) is 18.2 Å². The van der Waals surface area contributed by atoms with Gasteiger partial charge in [-0.2, -0.15) is 0 Å². The number of benzene rings is 1. The van der Waals surface area contributed by atoms with Crippen molar-refractivity contribution >= 4 is 33.4 Å². The zero-order chi connectivity index (χ0) is 10.1. The van der Waals surface area contributed by atoms with Gasteiger partial charge in [0.2, 0.25) is 0 Å². The average Bonchev–Trinajstić information content (AvgIpc) is 2.56. The zero-order valence-corrected chi connectivity index (χ0v) is 10.1. The van der Waals surface area contributed by atoms with E-state index in [0.717, 1.165) is 27.4 Å². The molecule has 74 valence electrons. The van der Waals surface area contributed by atoms with Crippen molar-refractivity contribution in [2.75, 3.05) is 6.54 Å². The standard InChI is InChI=1S/C10H10BrClN2/c1-6-5-13-10(14-6)8-4-7(11)2-3-9(8)12/h2-4,6H,5H2,1H3,(H,13,14). The summed E-state index contributed by atoms with van der Waals surface area (Å²) in [6.07, 6.45) is 0. The van der Waals surface area contributed by atoms with E-state index < -0.39 is 0 Å². The van der Waals surface area contributed by atoms with Gasteiger partial charge in [-0.15, -0.1) is 0 Å². The lowest BCUT2D eigenvalue weighted by molar-refractivity contribution is 0.726. The molecule has 2 nitrogen and oxygen atoms in total. The first-order chi connectivity index (χ1) is 6.66. The van der Waals surface area contributed by atoms with Crippen LogP contribution in [0, 0.1) is 0 Å². The normalized spacial score (nSPS) is 20.5. The van der Waals surface area contributed by atoms with Crippen LogP contribution >= 0.6 is 27.5 Å². The SMILES string of the molecule is CC1CN=C(c2cc(Br)ccc2Cl)N1. The molecule has 0 aliphatic carbocycles. The number of hydrogen-bond donors (Lipinski definition) is 1. The summed E-state index contributed by atoms with van der Waals surface area (Å²) in [5.41, 5.74) is 0.963. The molecule has 0 aromatic heterocycles. The monoisotopic (exact) mass is 272 g/mol. The molecular weight excluding hydrogens is 263 g/mol. The van der Waals surface area contributed by atoms with Gasteiger partial charge in [0, 0.05) is 16.1 Å². The predicted octanol–water partition coefficient (Wildman–Crippen LogP) is 2.84. The molecule has 1 heterocycles. The topological polar surface area (TPSA) is 24.4 Å². The Balaban J connectivity index is 2.36. The highest BCUT2D eigenvalue weighted by atomic mass is 79.9. The van der Waals surface area contributed by atoms with Crippen molar-refractivity contribution in [3.8, 4) is 0 Å². The predicted molar refractivity (Wildman–Crippen MR) is 63.2 cm³/mol. The van der Waals surface area contributed by atoms with Gasteiger partial charge in [-0.25, -0.2) is 0 Å². The van der Waals surface area contributed by atoms with Gasteiger partial charge in [-0.3, -0.25) is 4.99 Å². The van der Waals surface area contributed by atoms with Crippen LogP contribution in [0.2, 0.25) is 5.02 Å². The summed E-state index contributed by atoms with van der Waals surface area (Å²) < 4.78 is 1.01. The van der Waals surface area contributed by atoms with E-state index in [1.165, 1.54) is 0 Å². The fraction of sp³-hybridized carbons (Fsp3) is 0.300. The van der Waals surface area contributed by atoms with Gasteiger partial charge >= 0.3 is 0 Å². The lowest BCUT2D eigenvalue weighted by atomic mass is 10.2. The third-order valence-electron chi connectivity index (χ3n) is 2.09. The van der Waals surface area contributed by atoms with Gasteiger partial charge in [-0.1, -0.05) is 27.5 Å². The molecule has 2 rings (SSSR count). The van der Waals surface area contributed by atoms with Crippen LogP contribution in [0.25, 0.3) is 0 Å². The number of nitrogens with one attached hydrogen (secondary N) is 1. The summed E-state index contributed by atoms with van der Waals surface area (Å²) in [6, 6.07) is 6.17. The summed E-state index contributed by atoms with van der Waals surface area (Å²) in [6.45, 7) is 2.92. The van der Waals surface area contributed by atoms with Crippen LogP contribution in [0.1, 0.15) is 12.5 Å². The van der Waals surface area contributed by atoms with Crippen LogP contribution in [-0.2, 0) is 0 Å². The second-order valence-electron chi connectivity index (χ2n) is 3.36. The Labute approximate surface area is 96.5 Å². The summed E-state index contributed by atoms with van der Waals surface area (Å²) in [5, 5.41) is 4.01. The van der Waals surface area contributed by atoms with E-state index in [-0.39, 0.29) is 0 Å². The summed E-state index contributed by atoms with van der Waals surface area (Å²) >= 11 is 9.50. The minimum atomic E-state index is 0.403. The van der Waals surface area contributed by atoms with E-state index in [2.05, 4.69) is 33.2 Å². The first-order valence-electron chi connectivity index (χ1n) is 4.43. The third kappa shape index (κ3) is 1.93. The Kier molecular flexibility index (Phi) is 2.79. The summed E-state index contributed by atoms with van der Waals surface area (Å²) in [4.78, 5) is 4.39. The number of rotatable bonds is 1. The highest BCUT2D eigenvalue weighted by Gasteiger charge is 2.16. The molecule has 0 saturated heterocycles. The van der Waals surface area contributed by atoms with E-state index >= 15 is 0 Å². The molecule has 1 N–H and O–H groups in total. The minimum Gasteiger partial charge on any atom is -0.366 e. The zero-order valence-electron chi connectivity index (χ0n) is 7.72. The largest absolute Gasteiger partial charge is 0.366 e. The molecule has 14 heavy (non-hydrogen) atoms. The quantitative estimate of drug-likeness (QED) is 0.836. The molecule has 0 saturated carbocycles. The Hall–Kier alpha value is -0.540. The van der Waals surface area contributed by atoms with Crippen molar-refractivity contribution in [1.82, 2.24) is 5.32 Å². The number of aliphatic imine (C=N–C) groups is 1. The van der Waals surface area contributed by atoms with Crippen molar-refractivity contribution in [2.24, 2.45) is 4.99 Å². The van der Waals surface area contributed by atoms with Gasteiger partial charge in [0.25, 0.3) is 0 Å². The highest BCUT2D eigenvalue weighted by molar-refractivity contribution is 9.10. The van der Waals surface area contributed by atoms with E-state index in [9.17, 15) is 0 Å². The van der Waals surface area contributed by atoms with Crippen LogP contribution in [0.3, 0.4) is 0 Å². The maximum absolute atomic E-state index is 6.08. The smallest absolute Gasteiger partial charge is 0.130 e. The molecule has 1 aromatic rings. The van der Waals surface area contributed by atoms with Crippen LogP contribution in [-0.4, -0.2) is 18.4 Å². The summed E-state index contributed by atoms with van der Waals surface area (Å²) in [5.74, 6) is 0.892. The number of amidine groups is 1. The van der Waals surface area contributed by atoms with Gasteiger partial charge in [0.05, 0.1) is 11.6 Å². The molecule has 1 aromatic carbocycles. The Bertz CT molecular complexity index is 390. The average molecular weight is 274 g/mol. The lowest BCUT2D eigenvalue weighted by Crippen LogP contribution is -2.27. The summed E-state index contributed by atoms with van der Waals surface area (Å²) in [7, 11) is 0. The van der Waals surface area contributed by atoms with Gasteiger partial charge < -0.3 is 5.32 Å². The number of nitrogens with zero attached hydrogens (tertiary/aromatic N) is 1. The maximum atomic E-state index is 6.08. The molecular formula is C10H10BrClN2. The van der Waals surface area contributed by atoms with E-state index in [1.54, 1.807) is 0 Å². The third-order valence-corrected chi connectivity index (χ3v) is 2.91. The number of halogens is 2. The van der Waals surface area contributed by atoms with Gasteiger partial charge in [0.15, 0.2) is 0 Å². The molecule has 0 radical (unpaired) electrons. The molecule has 1 aliphatic rings. The Morgan fingerprint density at radius 3 is 3.00 bits per heavy atom. The van der Waals surface area contributed by atoms with Gasteiger partial charge in [-0.05, 0) is 25.1 Å². The molecule has 0 spiro atoms. The van der Waals surface area contributed by atoms with Crippen molar-refractivity contribution in [3.63, 3.8) is 0 Å². The van der Waals surface area contributed by atoms with Crippen LogP contribution < -0.4 is 5.32 Å². The molecule has 0 bridgehead atoms. The second kappa shape index (κ2) is 3.91. The van der Waals surface area contributed by atoms with Crippen molar-refractivity contribution in [2.45, 2.75) is 13.0 Å². The van der Waals surface area contributed by atoms with E-state index in [4.69, 9.17) is 11.6 Å². The minimum absolute atomic E-state index is 0.403. The van der Waals surface area contributed by atoms with Crippen LogP contribution in [0.15, 0.2) is 27.7 Å². The molecule has 4 heteroatoms. The van der Waals surface area contributed by atoms with Crippen LogP contribution in [0.5, 0.6) is 0 Å². The first kappa shape index (κ1) is 9.99. The second-order valence-corrected chi connectivity index (χ2v) is 4.68. The Morgan fingerprint density at radius 1 is 1.57 bits per heavy atom. The molecule has 0 amide bonds. The lowest BCUT2D eigenvalue weighted by Gasteiger charge is -2.07. The van der Waals surface area contributed by atoms with Crippen molar-refractivity contribution in [1.29, 1.82) is 0 Å². The number of hydrogen-bond acceptors (Lipinski definition) is 2. The molecule has 1 atom stereocenters. The molecule has 0 fully saturated rings. The van der Waals surface area contributed by atoms with Crippen LogP contribution in [0.4, 0.5) is 0 Å². The van der Waals surface area contributed by atoms with E-state index in [0.29, 0.717) is 6.04 Å². The fourth-order valence-corrected chi connectivity index (χ4v) is 1.96. The maximum Gasteiger partial charge on any atom is 0.130 e. The van der Waals surface area contributed by atoms with Gasteiger partial charge in [0.1, 0.15) is 5.84 Å². The fourth-order valence-electron chi connectivity index (χ4n) is 1.39. The highest BCUT2D eigenvalue weighted by Crippen LogP contribution is 2.22. The van der Waals surface area contributed by atoms with Crippen molar-refractivity contribution < 1.29 is 0 Å². The molecule has 1 unspecified atom stereocenters. The molecule has 1 aliphatic heterocycles. The van der Waals surface area contributed by atoms with Crippen molar-refractivity contribution in [3.05, 3.63) is 33.3 Å². The Morgan fingerprint density at radius 2 is 2.36 bits per heavy atom.